The van der Waals surface area contributed by atoms with Gasteiger partial charge in [0.1, 0.15) is 0 Å². The van der Waals surface area contributed by atoms with Crippen molar-refractivity contribution in [2.24, 2.45) is 0 Å². The molecule has 0 spiro atoms. The maximum Gasteiger partial charge on any atom is 0.157 e. The molecule has 0 aromatic heterocycles. The molecule has 0 bridgehead atoms. The van der Waals surface area contributed by atoms with Gasteiger partial charge >= 0.3 is 0 Å². The zero-order valence-electron chi connectivity index (χ0n) is 10.8. The van der Waals surface area contributed by atoms with Crippen LogP contribution in [0.3, 0.4) is 0 Å². The lowest BCUT2D eigenvalue weighted by Crippen LogP contribution is -2.26. The molecule has 0 aliphatic carbocycles. The molecule has 0 rings (SSSR count). The van der Waals surface area contributed by atoms with E-state index in [1.165, 1.54) is 0 Å². The van der Waals surface area contributed by atoms with Gasteiger partial charge in [0.05, 0.1) is 0 Å². The zero-order valence-corrected chi connectivity index (χ0v) is 10.8. The summed E-state index contributed by atoms with van der Waals surface area (Å²) in [6, 6.07) is 0. The van der Waals surface area contributed by atoms with Crippen LogP contribution in [0, 0.1) is 0 Å². The molecule has 0 aromatic rings. The highest BCUT2D eigenvalue weighted by molar-refractivity contribution is 4.54. The Labute approximate surface area is 94.7 Å². The van der Waals surface area contributed by atoms with E-state index in [-0.39, 0.29) is 6.29 Å². The Morgan fingerprint density at radius 2 is 1.47 bits per heavy atom. The molecule has 92 valence electrons. The number of ether oxygens (including phenoxy) is 2. The Morgan fingerprint density at radius 3 is 1.87 bits per heavy atom. The second-order valence-corrected chi connectivity index (χ2v) is 3.51. The number of hydrogen-bond donors (Lipinski definition) is 0. The highest BCUT2D eigenvalue weighted by Crippen LogP contribution is 2.05. The molecule has 3 nitrogen and oxygen atoms in total. The molecule has 0 saturated heterocycles. The topological polar surface area (TPSA) is 21.7 Å². The first kappa shape index (κ1) is 14.9. The Bertz CT molecular complexity index is 121. The predicted molar refractivity (Wildman–Crippen MR) is 64.1 cm³/mol. The fourth-order valence-corrected chi connectivity index (χ4v) is 1.61. The van der Waals surface area contributed by atoms with E-state index < -0.39 is 0 Å². The zero-order chi connectivity index (χ0) is 11.5. The van der Waals surface area contributed by atoms with Crippen molar-refractivity contribution in [2.75, 3.05) is 32.8 Å². The van der Waals surface area contributed by atoms with Crippen LogP contribution in [0.25, 0.3) is 0 Å². The minimum atomic E-state index is -0.00411. The summed E-state index contributed by atoms with van der Waals surface area (Å²) in [5.41, 5.74) is 0. The summed E-state index contributed by atoms with van der Waals surface area (Å²) in [5, 5.41) is 0. The van der Waals surface area contributed by atoms with Gasteiger partial charge in [0, 0.05) is 13.2 Å². The van der Waals surface area contributed by atoms with E-state index >= 15 is 0 Å². The van der Waals surface area contributed by atoms with Crippen molar-refractivity contribution >= 4 is 0 Å². The molecular weight excluding hydrogens is 190 g/mol. The standard InChI is InChI=1S/C12H27NO2/c1-5-13(6-2)11-9-10-12(14-7-3)15-8-4/h12H,5-11H2,1-4H3. The Morgan fingerprint density at radius 1 is 0.933 bits per heavy atom. The smallest absolute Gasteiger partial charge is 0.157 e. The van der Waals surface area contributed by atoms with E-state index in [9.17, 15) is 0 Å². The van der Waals surface area contributed by atoms with Crippen LogP contribution in [0.5, 0.6) is 0 Å². The van der Waals surface area contributed by atoms with Crippen LogP contribution in [0.4, 0.5) is 0 Å². The van der Waals surface area contributed by atoms with Gasteiger partial charge in [0.25, 0.3) is 0 Å². The number of rotatable bonds is 10. The second-order valence-electron chi connectivity index (χ2n) is 3.51. The van der Waals surface area contributed by atoms with Crippen molar-refractivity contribution < 1.29 is 9.47 Å². The predicted octanol–water partition coefficient (Wildman–Crippen LogP) is 2.51. The lowest BCUT2D eigenvalue weighted by atomic mass is 10.3. The van der Waals surface area contributed by atoms with E-state index in [1.807, 2.05) is 13.8 Å². The van der Waals surface area contributed by atoms with Crippen molar-refractivity contribution in [1.29, 1.82) is 0 Å². The minimum absolute atomic E-state index is 0.00411. The van der Waals surface area contributed by atoms with Crippen molar-refractivity contribution in [3.63, 3.8) is 0 Å². The highest BCUT2D eigenvalue weighted by Gasteiger charge is 2.08. The van der Waals surface area contributed by atoms with Crippen LogP contribution in [0.1, 0.15) is 40.5 Å². The highest BCUT2D eigenvalue weighted by atomic mass is 16.7. The Hall–Kier alpha value is -0.120. The Kier molecular flexibility index (Phi) is 10.3. The van der Waals surface area contributed by atoms with Gasteiger partial charge in [0.2, 0.25) is 0 Å². The minimum Gasteiger partial charge on any atom is -0.353 e. The molecule has 0 saturated carbocycles. The van der Waals surface area contributed by atoms with Crippen LogP contribution in [-0.4, -0.2) is 44.0 Å². The van der Waals surface area contributed by atoms with Gasteiger partial charge in [-0.3, -0.25) is 0 Å². The maximum atomic E-state index is 5.49. The summed E-state index contributed by atoms with van der Waals surface area (Å²) in [7, 11) is 0. The molecule has 0 heterocycles. The summed E-state index contributed by atoms with van der Waals surface area (Å²) in [5.74, 6) is 0. The van der Waals surface area contributed by atoms with Crippen molar-refractivity contribution in [2.45, 2.75) is 46.8 Å². The lowest BCUT2D eigenvalue weighted by Gasteiger charge is -2.20. The first-order chi connectivity index (χ1) is 7.28. The molecule has 0 aromatic carbocycles. The third-order valence-corrected chi connectivity index (χ3v) is 2.51. The summed E-state index contributed by atoms with van der Waals surface area (Å²) >= 11 is 0. The molecule has 0 atom stereocenters. The van der Waals surface area contributed by atoms with Gasteiger partial charge < -0.3 is 14.4 Å². The fraction of sp³-hybridized carbons (Fsp3) is 1.00. The summed E-state index contributed by atoms with van der Waals surface area (Å²) < 4.78 is 11.0. The van der Waals surface area contributed by atoms with E-state index in [0.29, 0.717) is 0 Å². The van der Waals surface area contributed by atoms with E-state index in [1.54, 1.807) is 0 Å². The van der Waals surface area contributed by atoms with Gasteiger partial charge in [-0.15, -0.1) is 0 Å². The van der Waals surface area contributed by atoms with E-state index in [4.69, 9.17) is 9.47 Å². The Balaban J connectivity index is 3.59. The summed E-state index contributed by atoms with van der Waals surface area (Å²) in [4.78, 5) is 2.43. The number of hydrogen-bond acceptors (Lipinski definition) is 3. The van der Waals surface area contributed by atoms with E-state index in [2.05, 4.69) is 18.7 Å². The largest absolute Gasteiger partial charge is 0.353 e. The lowest BCUT2D eigenvalue weighted by molar-refractivity contribution is -0.140. The maximum absolute atomic E-state index is 5.49. The molecule has 0 unspecified atom stereocenters. The quantitative estimate of drug-likeness (QED) is 0.525. The molecule has 0 aliphatic rings. The van der Waals surface area contributed by atoms with Crippen LogP contribution < -0.4 is 0 Å². The average Bonchev–Trinajstić information content (AvgIpc) is 2.25. The number of nitrogens with zero attached hydrogens (tertiary/aromatic N) is 1. The molecule has 15 heavy (non-hydrogen) atoms. The van der Waals surface area contributed by atoms with Crippen molar-refractivity contribution in [3.8, 4) is 0 Å². The van der Waals surface area contributed by atoms with Gasteiger partial charge in [-0.25, -0.2) is 0 Å². The molecular formula is C12H27NO2. The monoisotopic (exact) mass is 217 g/mol. The SMILES string of the molecule is CCOC(CCCN(CC)CC)OCC. The van der Waals surface area contributed by atoms with Crippen molar-refractivity contribution in [1.82, 2.24) is 4.90 Å². The molecule has 0 aliphatic heterocycles. The molecule has 3 heteroatoms. The van der Waals surface area contributed by atoms with Gasteiger partial charge in [0.15, 0.2) is 6.29 Å². The molecule has 0 radical (unpaired) electrons. The van der Waals surface area contributed by atoms with E-state index in [0.717, 1.165) is 45.7 Å². The summed E-state index contributed by atoms with van der Waals surface area (Å²) in [6.07, 6.45) is 2.14. The van der Waals surface area contributed by atoms with Gasteiger partial charge in [-0.2, -0.15) is 0 Å². The third kappa shape index (κ3) is 7.77. The van der Waals surface area contributed by atoms with Crippen LogP contribution in [0.15, 0.2) is 0 Å². The first-order valence-electron chi connectivity index (χ1n) is 6.23. The second kappa shape index (κ2) is 10.4. The van der Waals surface area contributed by atoms with Crippen LogP contribution in [0.2, 0.25) is 0 Å². The van der Waals surface area contributed by atoms with Crippen molar-refractivity contribution in [3.05, 3.63) is 0 Å². The third-order valence-electron chi connectivity index (χ3n) is 2.51. The molecule has 0 N–H and O–H groups in total. The van der Waals surface area contributed by atoms with Crippen LogP contribution >= 0.6 is 0 Å². The van der Waals surface area contributed by atoms with Gasteiger partial charge in [-0.05, 0) is 46.3 Å². The summed E-state index contributed by atoms with van der Waals surface area (Å²) in [6.45, 7) is 13.3. The first-order valence-corrected chi connectivity index (χ1v) is 6.23. The van der Waals surface area contributed by atoms with Crippen LogP contribution in [-0.2, 0) is 9.47 Å². The average molecular weight is 217 g/mol. The normalized spacial score (nSPS) is 11.6. The fourth-order valence-electron chi connectivity index (χ4n) is 1.61. The molecule has 0 fully saturated rings. The molecule has 0 amide bonds. The van der Waals surface area contributed by atoms with Gasteiger partial charge in [-0.1, -0.05) is 13.8 Å².